The Morgan fingerprint density at radius 3 is 2.55 bits per heavy atom. The van der Waals surface area contributed by atoms with Crippen LogP contribution in [-0.2, 0) is 27.7 Å². The number of sulfonamides is 1. The molecule has 1 N–H and O–H groups in total. The quantitative estimate of drug-likeness (QED) is 0.473. The van der Waals surface area contributed by atoms with Crippen molar-refractivity contribution in [1.82, 2.24) is 9.62 Å². The maximum absolute atomic E-state index is 13.2. The van der Waals surface area contributed by atoms with Gasteiger partial charge in [-0.3, -0.25) is 9.59 Å². The molecule has 4 rings (SSSR count). The third-order valence-electron chi connectivity index (χ3n) is 6.36. The molecule has 0 radical (unpaired) electrons. The van der Waals surface area contributed by atoms with Crippen LogP contribution in [0.4, 0.5) is 0 Å². The number of aryl methyl sites for hydroxylation is 2. The van der Waals surface area contributed by atoms with Gasteiger partial charge in [0.1, 0.15) is 18.4 Å². The predicted octanol–water partition coefficient (Wildman–Crippen LogP) is 3.12. The number of fused-ring (bicyclic) bond motifs is 1. The fourth-order valence-corrected chi connectivity index (χ4v) is 6.21. The monoisotopic (exact) mass is 470 g/mol. The number of hydrogen-bond acceptors (Lipinski definition) is 5. The van der Waals surface area contributed by atoms with Crippen molar-refractivity contribution in [2.24, 2.45) is 0 Å². The molecule has 2 aliphatic rings. The molecule has 1 aliphatic heterocycles. The Bertz CT molecular complexity index is 1130. The molecule has 1 saturated heterocycles. The number of hydrogen-bond donors (Lipinski definition) is 1. The van der Waals surface area contributed by atoms with Crippen LogP contribution in [0, 0.1) is 0 Å². The topological polar surface area (TPSA) is 92.8 Å². The highest BCUT2D eigenvalue weighted by atomic mass is 32.2. The predicted molar refractivity (Wildman–Crippen MR) is 125 cm³/mol. The molecule has 7 nitrogen and oxygen atoms in total. The molecular weight excluding hydrogens is 440 g/mol. The fourth-order valence-electron chi connectivity index (χ4n) is 4.55. The number of Topliss-reactive ketones (excluding diaryl/α,β-unsaturated/α-hetero) is 1. The van der Waals surface area contributed by atoms with Gasteiger partial charge in [-0.15, -0.1) is 0 Å². The summed E-state index contributed by atoms with van der Waals surface area (Å²) in [5.41, 5.74) is 3.16. The van der Waals surface area contributed by atoms with E-state index >= 15 is 0 Å². The molecule has 2 aromatic rings. The van der Waals surface area contributed by atoms with Crippen LogP contribution >= 0.6 is 0 Å². The van der Waals surface area contributed by atoms with Gasteiger partial charge < -0.3 is 10.1 Å². The Morgan fingerprint density at radius 2 is 1.79 bits per heavy atom. The highest BCUT2D eigenvalue weighted by Crippen LogP contribution is 2.27. The van der Waals surface area contributed by atoms with Crippen molar-refractivity contribution in [1.29, 1.82) is 0 Å². The first kappa shape index (κ1) is 23.4. The summed E-state index contributed by atoms with van der Waals surface area (Å²) in [6, 6.07) is 11.2. The van der Waals surface area contributed by atoms with Crippen molar-refractivity contribution >= 4 is 21.7 Å². The van der Waals surface area contributed by atoms with E-state index in [9.17, 15) is 18.0 Å². The number of nitrogens with one attached hydrogen (secondary N) is 1. The molecule has 0 spiro atoms. The normalized spacial score (nSPS) is 18.5. The van der Waals surface area contributed by atoms with Gasteiger partial charge in [0.05, 0.1) is 11.4 Å². The van der Waals surface area contributed by atoms with Crippen LogP contribution < -0.4 is 10.1 Å². The molecule has 1 heterocycles. The SMILES string of the molecule is CC(=O)c1ccc(S(=O)(=O)N2CCCCC2C(=O)NCCOc2ccc3c(c2)CCC3)cc1. The van der Waals surface area contributed by atoms with Crippen LogP contribution in [0.1, 0.15) is 54.1 Å². The summed E-state index contributed by atoms with van der Waals surface area (Å²) in [4.78, 5) is 24.5. The second-order valence-electron chi connectivity index (χ2n) is 8.63. The molecule has 1 amide bonds. The first-order valence-electron chi connectivity index (χ1n) is 11.5. The maximum Gasteiger partial charge on any atom is 0.243 e. The van der Waals surface area contributed by atoms with E-state index < -0.39 is 16.1 Å². The summed E-state index contributed by atoms with van der Waals surface area (Å²) >= 11 is 0. The molecule has 33 heavy (non-hydrogen) atoms. The maximum atomic E-state index is 13.2. The van der Waals surface area contributed by atoms with E-state index in [1.165, 1.54) is 53.0 Å². The summed E-state index contributed by atoms with van der Waals surface area (Å²) in [5, 5.41) is 2.84. The number of nitrogens with zero attached hydrogens (tertiary/aromatic N) is 1. The Morgan fingerprint density at radius 1 is 1.03 bits per heavy atom. The van der Waals surface area contributed by atoms with E-state index in [2.05, 4.69) is 17.4 Å². The zero-order chi connectivity index (χ0) is 23.4. The number of carbonyl (C=O) groups is 2. The molecule has 2 aromatic carbocycles. The third kappa shape index (κ3) is 5.28. The lowest BCUT2D eigenvalue weighted by Gasteiger charge is -2.33. The van der Waals surface area contributed by atoms with Gasteiger partial charge in [-0.25, -0.2) is 8.42 Å². The van der Waals surface area contributed by atoms with E-state index in [0.29, 0.717) is 38.1 Å². The van der Waals surface area contributed by atoms with E-state index in [-0.39, 0.29) is 16.6 Å². The number of carbonyl (C=O) groups excluding carboxylic acids is 2. The van der Waals surface area contributed by atoms with Gasteiger partial charge in [0, 0.05) is 12.1 Å². The zero-order valence-electron chi connectivity index (χ0n) is 18.9. The van der Waals surface area contributed by atoms with E-state index in [1.54, 1.807) is 0 Å². The average Bonchev–Trinajstić information content (AvgIpc) is 3.29. The van der Waals surface area contributed by atoms with E-state index in [4.69, 9.17) is 4.74 Å². The summed E-state index contributed by atoms with van der Waals surface area (Å²) in [5.74, 6) is 0.355. The highest BCUT2D eigenvalue weighted by Gasteiger charge is 2.37. The second-order valence-corrected chi connectivity index (χ2v) is 10.5. The standard InChI is InChI=1S/C25H30N2O5S/c1-18(28)19-9-12-23(13-10-19)33(30,31)27-15-3-2-7-24(27)25(29)26-14-16-32-22-11-8-20-5-4-6-21(20)17-22/h8-13,17,24H,2-7,14-16H2,1H3,(H,26,29). The smallest absolute Gasteiger partial charge is 0.243 e. The Kier molecular flexibility index (Phi) is 7.14. The van der Waals surface area contributed by atoms with E-state index in [1.807, 2.05) is 6.07 Å². The van der Waals surface area contributed by atoms with Crippen molar-refractivity contribution < 1.29 is 22.7 Å². The number of rotatable bonds is 8. The number of ether oxygens (including phenoxy) is 1. The van der Waals surface area contributed by atoms with Crippen LogP contribution in [0.25, 0.3) is 0 Å². The van der Waals surface area contributed by atoms with Crippen LogP contribution in [-0.4, -0.2) is 50.2 Å². The zero-order valence-corrected chi connectivity index (χ0v) is 19.7. The minimum absolute atomic E-state index is 0.0899. The van der Waals surface area contributed by atoms with Crippen LogP contribution in [0.15, 0.2) is 47.4 Å². The Hall–Kier alpha value is -2.71. The minimum Gasteiger partial charge on any atom is -0.492 e. The molecule has 1 unspecified atom stereocenters. The van der Waals surface area contributed by atoms with Gasteiger partial charge in [-0.1, -0.05) is 24.6 Å². The molecule has 1 atom stereocenters. The summed E-state index contributed by atoms with van der Waals surface area (Å²) < 4.78 is 33.5. The summed E-state index contributed by atoms with van der Waals surface area (Å²) in [6.07, 6.45) is 5.34. The van der Waals surface area contributed by atoms with Crippen molar-refractivity contribution in [3.05, 3.63) is 59.2 Å². The summed E-state index contributed by atoms with van der Waals surface area (Å²) in [7, 11) is -3.85. The number of benzene rings is 2. The molecular formula is C25H30N2O5S. The molecule has 0 aromatic heterocycles. The number of piperidine rings is 1. The van der Waals surface area contributed by atoms with Gasteiger partial charge in [0.2, 0.25) is 15.9 Å². The van der Waals surface area contributed by atoms with Crippen LogP contribution in [0.3, 0.4) is 0 Å². The minimum atomic E-state index is -3.85. The first-order valence-corrected chi connectivity index (χ1v) is 13.0. The molecule has 8 heteroatoms. The average molecular weight is 471 g/mol. The lowest BCUT2D eigenvalue weighted by molar-refractivity contribution is -0.125. The van der Waals surface area contributed by atoms with E-state index in [0.717, 1.165) is 25.0 Å². The van der Waals surface area contributed by atoms with Crippen molar-refractivity contribution in [3.63, 3.8) is 0 Å². The lowest BCUT2D eigenvalue weighted by atomic mass is 10.0. The van der Waals surface area contributed by atoms with Crippen molar-refractivity contribution in [3.8, 4) is 5.75 Å². The van der Waals surface area contributed by atoms with Gasteiger partial charge in [-0.2, -0.15) is 4.31 Å². The molecule has 1 fully saturated rings. The first-order chi connectivity index (χ1) is 15.9. The lowest BCUT2D eigenvalue weighted by Crippen LogP contribution is -2.52. The third-order valence-corrected chi connectivity index (χ3v) is 8.29. The molecule has 0 bridgehead atoms. The van der Waals surface area contributed by atoms with Gasteiger partial charge in [0.25, 0.3) is 0 Å². The Balaban J connectivity index is 1.36. The largest absolute Gasteiger partial charge is 0.492 e. The van der Waals surface area contributed by atoms with Gasteiger partial charge in [-0.05, 0) is 74.4 Å². The number of amides is 1. The highest BCUT2D eigenvalue weighted by molar-refractivity contribution is 7.89. The molecule has 0 saturated carbocycles. The second kappa shape index (κ2) is 10.1. The summed E-state index contributed by atoms with van der Waals surface area (Å²) in [6.45, 7) is 2.34. The Labute approximate surface area is 195 Å². The van der Waals surface area contributed by atoms with Gasteiger partial charge in [0.15, 0.2) is 5.78 Å². The van der Waals surface area contributed by atoms with Crippen molar-refractivity contribution in [2.45, 2.75) is 56.4 Å². The fraction of sp³-hybridized carbons (Fsp3) is 0.440. The molecule has 1 aliphatic carbocycles. The number of ketones is 1. The molecule has 176 valence electrons. The van der Waals surface area contributed by atoms with Crippen molar-refractivity contribution in [2.75, 3.05) is 19.7 Å². The van der Waals surface area contributed by atoms with Gasteiger partial charge >= 0.3 is 0 Å². The van der Waals surface area contributed by atoms with Crippen LogP contribution in [0.5, 0.6) is 5.75 Å². The van der Waals surface area contributed by atoms with Crippen LogP contribution in [0.2, 0.25) is 0 Å².